The lowest BCUT2D eigenvalue weighted by Crippen LogP contribution is -2.38. The third-order valence-corrected chi connectivity index (χ3v) is 5.58. The van der Waals surface area contributed by atoms with Crippen molar-refractivity contribution in [2.75, 3.05) is 31.2 Å². The van der Waals surface area contributed by atoms with Gasteiger partial charge in [-0.3, -0.25) is 4.79 Å². The fraction of sp³-hybridized carbons (Fsp3) is 0.625. The van der Waals surface area contributed by atoms with E-state index in [1.165, 1.54) is 0 Å². The maximum atomic E-state index is 12.3. The zero-order valence-corrected chi connectivity index (χ0v) is 16.9. The van der Waals surface area contributed by atoms with Crippen molar-refractivity contribution in [3.8, 4) is 0 Å². The second-order valence-corrected chi connectivity index (χ2v) is 8.62. The summed E-state index contributed by atoms with van der Waals surface area (Å²) in [7, 11) is 0. The first-order chi connectivity index (χ1) is 11.4. The Morgan fingerprint density at radius 2 is 2.04 bits per heavy atom. The molecule has 1 aromatic heterocycles. The summed E-state index contributed by atoms with van der Waals surface area (Å²) in [6, 6.07) is 0. The van der Waals surface area contributed by atoms with Gasteiger partial charge >= 0.3 is 0 Å². The molecule has 24 heavy (non-hydrogen) atoms. The van der Waals surface area contributed by atoms with E-state index in [-0.39, 0.29) is 16.0 Å². The molecule has 0 N–H and O–H groups in total. The Bertz CT molecular complexity index is 672. The van der Waals surface area contributed by atoms with E-state index in [1.54, 1.807) is 6.20 Å². The van der Waals surface area contributed by atoms with E-state index in [1.807, 2.05) is 0 Å². The molecule has 0 aromatic carbocycles. The number of alkyl halides is 1. The normalized spacial score (nSPS) is 26.0. The number of hydrogen-bond acceptors (Lipinski definition) is 6. The first-order valence-corrected chi connectivity index (χ1v) is 9.66. The molecule has 8 heteroatoms. The lowest BCUT2D eigenvalue weighted by Gasteiger charge is -2.32. The molecule has 6 nitrogen and oxygen atoms in total. The second-order valence-electron chi connectivity index (χ2n) is 6.89. The minimum absolute atomic E-state index is 0.0812. The summed E-state index contributed by atoms with van der Waals surface area (Å²) in [5.41, 5.74) is 0.740. The van der Waals surface area contributed by atoms with E-state index in [9.17, 15) is 4.79 Å². The first kappa shape index (κ1) is 17.9. The number of aliphatic imine (C=N–C) groups is 1. The SMILES string of the molecule is CC1(C)CC(=O)C(Br)C(=Nc2ncc(Br)nc2N2CCOCC2)C1. The monoisotopic (exact) mass is 458 g/mol. The number of halogens is 2. The van der Waals surface area contributed by atoms with Gasteiger partial charge < -0.3 is 9.64 Å². The maximum Gasteiger partial charge on any atom is 0.195 e. The van der Waals surface area contributed by atoms with Gasteiger partial charge in [0.05, 0.1) is 19.4 Å². The minimum Gasteiger partial charge on any atom is -0.378 e. The Morgan fingerprint density at radius 1 is 1.33 bits per heavy atom. The van der Waals surface area contributed by atoms with E-state index in [2.05, 4.69) is 60.6 Å². The quantitative estimate of drug-likeness (QED) is 0.634. The summed E-state index contributed by atoms with van der Waals surface area (Å²) in [6.45, 7) is 7.02. The molecule has 2 fully saturated rings. The lowest BCUT2D eigenvalue weighted by molar-refractivity contribution is -0.119. The number of rotatable bonds is 2. The largest absolute Gasteiger partial charge is 0.378 e. The van der Waals surface area contributed by atoms with Gasteiger partial charge in [0.2, 0.25) is 0 Å². The van der Waals surface area contributed by atoms with E-state index < -0.39 is 0 Å². The average molecular weight is 460 g/mol. The van der Waals surface area contributed by atoms with Gasteiger partial charge in [0.25, 0.3) is 0 Å². The smallest absolute Gasteiger partial charge is 0.195 e. The number of ether oxygens (including phenoxy) is 1. The van der Waals surface area contributed by atoms with Crippen LogP contribution >= 0.6 is 31.9 Å². The van der Waals surface area contributed by atoms with Crippen LogP contribution in [0.2, 0.25) is 0 Å². The highest BCUT2D eigenvalue weighted by atomic mass is 79.9. The van der Waals surface area contributed by atoms with Gasteiger partial charge in [-0.1, -0.05) is 29.8 Å². The molecule has 0 radical (unpaired) electrons. The predicted octanol–water partition coefficient (Wildman–Crippen LogP) is 3.30. The number of nitrogens with zero attached hydrogens (tertiary/aromatic N) is 4. The van der Waals surface area contributed by atoms with Crippen LogP contribution in [-0.2, 0) is 9.53 Å². The molecule has 1 aliphatic heterocycles. The molecule has 1 aliphatic carbocycles. The van der Waals surface area contributed by atoms with Crippen molar-refractivity contribution in [3.63, 3.8) is 0 Å². The Morgan fingerprint density at radius 3 is 2.75 bits per heavy atom. The molecule has 1 atom stereocenters. The van der Waals surface area contributed by atoms with Crippen LogP contribution < -0.4 is 4.90 Å². The Balaban J connectivity index is 1.97. The third-order valence-electron chi connectivity index (χ3n) is 4.15. The number of Topliss-reactive ketones (excluding diaryl/α,β-unsaturated/α-hetero) is 1. The first-order valence-electron chi connectivity index (χ1n) is 7.95. The van der Waals surface area contributed by atoms with Crippen LogP contribution in [0.1, 0.15) is 26.7 Å². The van der Waals surface area contributed by atoms with Gasteiger partial charge in [-0.15, -0.1) is 0 Å². The van der Waals surface area contributed by atoms with E-state index in [0.717, 1.165) is 31.0 Å². The minimum atomic E-state index is -0.339. The number of morpholine rings is 1. The summed E-state index contributed by atoms with van der Waals surface area (Å²) < 4.78 is 6.08. The zero-order chi connectivity index (χ0) is 17.3. The number of carbonyl (C=O) groups excluding carboxylic acids is 1. The van der Waals surface area contributed by atoms with Crippen molar-refractivity contribution in [2.24, 2.45) is 10.4 Å². The van der Waals surface area contributed by atoms with Gasteiger partial charge in [-0.2, -0.15) is 0 Å². The average Bonchev–Trinajstić information content (AvgIpc) is 2.54. The molecule has 1 aromatic rings. The van der Waals surface area contributed by atoms with Gasteiger partial charge in [-0.05, 0) is 27.8 Å². The van der Waals surface area contributed by atoms with Crippen molar-refractivity contribution in [1.82, 2.24) is 9.97 Å². The second kappa shape index (κ2) is 7.17. The Hall–Kier alpha value is -0.860. The highest BCUT2D eigenvalue weighted by Crippen LogP contribution is 2.36. The van der Waals surface area contributed by atoms with Crippen molar-refractivity contribution in [1.29, 1.82) is 0 Å². The van der Waals surface area contributed by atoms with E-state index >= 15 is 0 Å². The van der Waals surface area contributed by atoms with Crippen molar-refractivity contribution < 1.29 is 9.53 Å². The number of ketones is 1. The summed E-state index contributed by atoms with van der Waals surface area (Å²) >= 11 is 6.88. The molecule has 1 unspecified atom stereocenters. The number of aromatic nitrogens is 2. The van der Waals surface area contributed by atoms with Crippen molar-refractivity contribution >= 4 is 55.0 Å². The zero-order valence-electron chi connectivity index (χ0n) is 13.8. The van der Waals surface area contributed by atoms with Crippen LogP contribution in [0, 0.1) is 5.41 Å². The van der Waals surface area contributed by atoms with E-state index in [4.69, 9.17) is 9.73 Å². The summed E-state index contributed by atoms with van der Waals surface area (Å²) in [6.07, 6.45) is 2.96. The van der Waals surface area contributed by atoms with Gasteiger partial charge in [0.15, 0.2) is 17.4 Å². The number of anilines is 1. The van der Waals surface area contributed by atoms with Crippen LogP contribution in [0.4, 0.5) is 11.6 Å². The van der Waals surface area contributed by atoms with Gasteiger partial charge in [0.1, 0.15) is 9.43 Å². The van der Waals surface area contributed by atoms with Crippen LogP contribution in [0.3, 0.4) is 0 Å². The summed E-state index contributed by atoms with van der Waals surface area (Å²) in [5.74, 6) is 1.46. The highest BCUT2D eigenvalue weighted by Gasteiger charge is 2.37. The fourth-order valence-electron chi connectivity index (χ4n) is 3.04. The lowest BCUT2D eigenvalue weighted by atomic mass is 9.76. The van der Waals surface area contributed by atoms with E-state index in [0.29, 0.717) is 30.1 Å². The van der Waals surface area contributed by atoms with Crippen molar-refractivity contribution in [3.05, 3.63) is 10.8 Å². The van der Waals surface area contributed by atoms with Crippen LogP contribution in [0.25, 0.3) is 0 Å². The molecule has 0 bridgehead atoms. The van der Waals surface area contributed by atoms with Crippen molar-refractivity contribution in [2.45, 2.75) is 31.5 Å². The number of carbonyl (C=O) groups is 1. The molecule has 0 amide bonds. The molecule has 3 rings (SSSR count). The summed E-state index contributed by atoms with van der Waals surface area (Å²) in [5, 5.41) is 0. The molecule has 1 saturated carbocycles. The Kier molecular flexibility index (Phi) is 5.36. The molecule has 1 saturated heterocycles. The molecular weight excluding hydrogens is 440 g/mol. The molecule has 0 spiro atoms. The summed E-state index contributed by atoms with van der Waals surface area (Å²) in [4.78, 5) is 27.8. The molecule has 130 valence electrons. The van der Waals surface area contributed by atoms with Gasteiger partial charge in [0, 0.05) is 25.2 Å². The molecule has 2 aliphatic rings. The topological polar surface area (TPSA) is 67.7 Å². The Labute approximate surface area is 158 Å². The van der Waals surface area contributed by atoms with Gasteiger partial charge in [-0.25, -0.2) is 15.0 Å². The predicted molar refractivity (Wildman–Crippen MR) is 101 cm³/mol. The van der Waals surface area contributed by atoms with Crippen LogP contribution in [0.15, 0.2) is 15.8 Å². The molecular formula is C16H20Br2N4O2. The van der Waals surface area contributed by atoms with Crippen LogP contribution in [-0.4, -0.2) is 52.6 Å². The maximum absolute atomic E-state index is 12.3. The fourth-order valence-corrected chi connectivity index (χ4v) is 3.74. The third kappa shape index (κ3) is 4.03. The molecule has 2 heterocycles. The number of hydrogen-bond donors (Lipinski definition) is 0. The highest BCUT2D eigenvalue weighted by molar-refractivity contribution is 9.10. The standard InChI is InChI=1S/C16H20Br2N4O2/c1-16(2)7-10(13(18)11(23)8-16)20-14-15(21-12(17)9-19-14)22-3-5-24-6-4-22/h9,13H,3-8H2,1-2H3. The van der Waals surface area contributed by atoms with Crippen LogP contribution in [0.5, 0.6) is 0 Å².